The van der Waals surface area contributed by atoms with Crippen molar-refractivity contribution in [1.29, 1.82) is 0 Å². The third kappa shape index (κ3) is 5.08. The fraction of sp³-hybridized carbons (Fsp3) is 0.409. The smallest absolute Gasteiger partial charge is 0.321 e. The number of carboxylic acid groups (broad SMARTS) is 1. The lowest BCUT2D eigenvalue weighted by Gasteiger charge is -2.27. The van der Waals surface area contributed by atoms with Gasteiger partial charge in [0.15, 0.2) is 0 Å². The first kappa shape index (κ1) is 19.4. The first-order chi connectivity index (χ1) is 12.8. The molecule has 2 aromatic rings. The standard InChI is InChI=1S/C22H27NO4/c1-22(2,3)26-15-23-14-16(13-19(23)21(24)25)18-11-7-8-12-20(18)27-17-9-5-4-6-10-17/h4-12,16,19H,13-15H2,1-3H3,(H,24,25)/t16-,19-/m0/s1. The number of rotatable bonds is 6. The van der Waals surface area contributed by atoms with Crippen LogP contribution in [0.3, 0.4) is 0 Å². The summed E-state index contributed by atoms with van der Waals surface area (Å²) in [4.78, 5) is 13.7. The zero-order valence-corrected chi connectivity index (χ0v) is 16.1. The lowest BCUT2D eigenvalue weighted by molar-refractivity contribution is -0.146. The minimum absolute atomic E-state index is 0.0783. The van der Waals surface area contributed by atoms with E-state index in [1.54, 1.807) is 0 Å². The molecule has 0 saturated carbocycles. The highest BCUT2D eigenvalue weighted by Gasteiger charge is 2.39. The summed E-state index contributed by atoms with van der Waals surface area (Å²) < 4.78 is 11.9. The van der Waals surface area contributed by atoms with E-state index in [9.17, 15) is 9.90 Å². The van der Waals surface area contributed by atoms with Gasteiger partial charge in [-0.05, 0) is 51.0 Å². The molecule has 5 nitrogen and oxygen atoms in total. The SMILES string of the molecule is CC(C)(C)OCN1C[C@@H](c2ccccc2Oc2ccccc2)C[C@H]1C(=O)O. The van der Waals surface area contributed by atoms with E-state index >= 15 is 0 Å². The summed E-state index contributed by atoms with van der Waals surface area (Å²) in [5.41, 5.74) is 0.723. The maximum Gasteiger partial charge on any atom is 0.321 e. The van der Waals surface area contributed by atoms with Crippen LogP contribution in [0.4, 0.5) is 0 Å². The molecule has 3 rings (SSSR count). The molecule has 1 fully saturated rings. The molecule has 1 heterocycles. The van der Waals surface area contributed by atoms with Gasteiger partial charge in [0.25, 0.3) is 0 Å². The van der Waals surface area contributed by atoms with Gasteiger partial charge in [0.2, 0.25) is 0 Å². The zero-order valence-electron chi connectivity index (χ0n) is 16.1. The van der Waals surface area contributed by atoms with E-state index in [1.165, 1.54) is 0 Å². The molecular formula is C22H27NO4. The molecule has 1 aliphatic rings. The van der Waals surface area contributed by atoms with Gasteiger partial charge in [0.05, 0.1) is 5.60 Å². The second-order valence-corrected chi connectivity index (χ2v) is 7.90. The largest absolute Gasteiger partial charge is 0.480 e. The molecule has 0 radical (unpaired) electrons. The maximum absolute atomic E-state index is 11.8. The monoisotopic (exact) mass is 369 g/mol. The normalized spacial score (nSPS) is 20.6. The van der Waals surface area contributed by atoms with E-state index in [1.807, 2.05) is 80.3 Å². The quantitative estimate of drug-likeness (QED) is 0.813. The first-order valence-electron chi connectivity index (χ1n) is 9.26. The topological polar surface area (TPSA) is 59.0 Å². The lowest BCUT2D eigenvalue weighted by atomic mass is 9.95. The summed E-state index contributed by atoms with van der Waals surface area (Å²) >= 11 is 0. The average molecular weight is 369 g/mol. The number of hydrogen-bond acceptors (Lipinski definition) is 4. The molecule has 0 aromatic heterocycles. The van der Waals surface area contributed by atoms with Gasteiger partial charge in [0, 0.05) is 12.5 Å². The van der Waals surface area contributed by atoms with Gasteiger partial charge in [-0.1, -0.05) is 36.4 Å². The number of hydrogen-bond donors (Lipinski definition) is 1. The summed E-state index contributed by atoms with van der Waals surface area (Å²) in [6.45, 7) is 6.85. The van der Waals surface area contributed by atoms with Crippen LogP contribution in [0.25, 0.3) is 0 Å². The van der Waals surface area contributed by atoms with Crippen molar-refractivity contribution < 1.29 is 19.4 Å². The van der Waals surface area contributed by atoms with E-state index in [-0.39, 0.29) is 11.5 Å². The molecule has 2 aromatic carbocycles. The second kappa shape index (κ2) is 8.11. The Labute approximate surface area is 160 Å². The third-order valence-electron chi connectivity index (χ3n) is 4.68. The molecule has 1 N–H and O–H groups in total. The summed E-state index contributed by atoms with van der Waals surface area (Å²) in [5.74, 6) is 0.813. The molecule has 5 heteroatoms. The number of ether oxygens (including phenoxy) is 2. The van der Waals surface area contributed by atoms with E-state index < -0.39 is 12.0 Å². The summed E-state index contributed by atoms with van der Waals surface area (Å²) in [5, 5.41) is 9.65. The number of aliphatic carboxylic acids is 1. The molecule has 0 amide bonds. The van der Waals surface area contributed by atoms with Crippen LogP contribution in [0, 0.1) is 0 Å². The Morgan fingerprint density at radius 1 is 1.11 bits per heavy atom. The highest BCUT2D eigenvalue weighted by molar-refractivity contribution is 5.74. The second-order valence-electron chi connectivity index (χ2n) is 7.90. The predicted octanol–water partition coefficient (Wildman–Crippen LogP) is 4.49. The number of carbonyl (C=O) groups is 1. The van der Waals surface area contributed by atoms with Gasteiger partial charge >= 0.3 is 5.97 Å². The molecule has 2 atom stereocenters. The summed E-state index contributed by atoms with van der Waals surface area (Å²) in [6.07, 6.45) is 0.540. The van der Waals surface area contributed by atoms with Gasteiger partial charge in [0.1, 0.15) is 24.3 Å². The van der Waals surface area contributed by atoms with Crippen LogP contribution in [0.1, 0.15) is 38.7 Å². The van der Waals surface area contributed by atoms with Gasteiger partial charge in [-0.25, -0.2) is 0 Å². The predicted molar refractivity (Wildman–Crippen MR) is 104 cm³/mol. The third-order valence-corrected chi connectivity index (χ3v) is 4.68. The number of para-hydroxylation sites is 2. The van der Waals surface area contributed by atoms with Crippen LogP contribution in [-0.4, -0.2) is 40.9 Å². The Bertz CT molecular complexity index is 769. The van der Waals surface area contributed by atoms with Crippen molar-refractivity contribution in [2.24, 2.45) is 0 Å². The van der Waals surface area contributed by atoms with Crippen LogP contribution >= 0.6 is 0 Å². The van der Waals surface area contributed by atoms with E-state index in [4.69, 9.17) is 9.47 Å². The first-order valence-corrected chi connectivity index (χ1v) is 9.26. The van der Waals surface area contributed by atoms with Crippen molar-refractivity contribution in [3.63, 3.8) is 0 Å². The van der Waals surface area contributed by atoms with Crippen molar-refractivity contribution in [3.05, 3.63) is 60.2 Å². The molecule has 1 aliphatic heterocycles. The fourth-order valence-corrected chi connectivity index (χ4v) is 3.33. The Morgan fingerprint density at radius 3 is 2.44 bits per heavy atom. The lowest BCUT2D eigenvalue weighted by Crippen LogP contribution is -2.39. The summed E-state index contributed by atoms with van der Waals surface area (Å²) in [6, 6.07) is 16.9. The zero-order chi connectivity index (χ0) is 19.4. The molecule has 0 bridgehead atoms. The van der Waals surface area contributed by atoms with Crippen LogP contribution in [-0.2, 0) is 9.53 Å². The maximum atomic E-state index is 11.8. The van der Waals surface area contributed by atoms with Gasteiger partial charge < -0.3 is 14.6 Å². The van der Waals surface area contributed by atoms with Gasteiger partial charge in [-0.3, -0.25) is 9.69 Å². The van der Waals surface area contributed by atoms with Crippen molar-refractivity contribution in [2.75, 3.05) is 13.3 Å². The number of carboxylic acids is 1. The number of nitrogens with zero attached hydrogens (tertiary/aromatic N) is 1. The Balaban J connectivity index is 1.79. The van der Waals surface area contributed by atoms with E-state index in [2.05, 4.69) is 0 Å². The average Bonchev–Trinajstić information content (AvgIpc) is 3.05. The molecular weight excluding hydrogens is 342 g/mol. The molecule has 27 heavy (non-hydrogen) atoms. The van der Waals surface area contributed by atoms with Crippen LogP contribution in [0.5, 0.6) is 11.5 Å². The van der Waals surface area contributed by atoms with E-state index in [0.29, 0.717) is 19.7 Å². The number of benzene rings is 2. The van der Waals surface area contributed by atoms with Gasteiger partial charge in [-0.15, -0.1) is 0 Å². The molecule has 0 spiro atoms. The van der Waals surface area contributed by atoms with Crippen LogP contribution in [0.2, 0.25) is 0 Å². The van der Waals surface area contributed by atoms with E-state index in [0.717, 1.165) is 17.1 Å². The Kier molecular flexibility index (Phi) is 5.82. The van der Waals surface area contributed by atoms with Crippen molar-refractivity contribution in [3.8, 4) is 11.5 Å². The highest BCUT2D eigenvalue weighted by Crippen LogP contribution is 2.38. The highest BCUT2D eigenvalue weighted by atomic mass is 16.5. The molecule has 144 valence electrons. The Morgan fingerprint density at radius 2 is 1.78 bits per heavy atom. The molecule has 0 unspecified atom stereocenters. The van der Waals surface area contributed by atoms with Crippen LogP contribution in [0.15, 0.2) is 54.6 Å². The fourth-order valence-electron chi connectivity index (χ4n) is 3.33. The van der Waals surface area contributed by atoms with Crippen LogP contribution < -0.4 is 4.74 Å². The number of likely N-dealkylation sites (tertiary alicyclic amines) is 1. The minimum atomic E-state index is -0.809. The Hall–Kier alpha value is -2.37. The molecule has 1 saturated heterocycles. The minimum Gasteiger partial charge on any atom is -0.480 e. The van der Waals surface area contributed by atoms with Crippen molar-refractivity contribution in [2.45, 2.75) is 44.8 Å². The van der Waals surface area contributed by atoms with Crippen molar-refractivity contribution >= 4 is 5.97 Å². The van der Waals surface area contributed by atoms with Crippen molar-refractivity contribution in [1.82, 2.24) is 4.90 Å². The summed E-state index contributed by atoms with van der Waals surface area (Å²) in [7, 11) is 0. The molecule has 0 aliphatic carbocycles. The van der Waals surface area contributed by atoms with Gasteiger partial charge in [-0.2, -0.15) is 0 Å².